The van der Waals surface area contributed by atoms with Crippen LogP contribution in [0, 0.1) is 6.92 Å². The Morgan fingerprint density at radius 2 is 1.88 bits per heavy atom. The van der Waals surface area contributed by atoms with Crippen LogP contribution in [-0.4, -0.2) is 36.8 Å². The molecule has 3 amide bonds. The largest absolute Gasteiger partial charge is 0.489 e. The minimum Gasteiger partial charge on any atom is -0.489 e. The molecule has 0 radical (unpaired) electrons. The number of benzene rings is 2. The highest BCUT2D eigenvalue weighted by molar-refractivity contribution is 6.45. The van der Waals surface area contributed by atoms with Gasteiger partial charge in [0.1, 0.15) is 18.1 Å². The molecular weight excluding hydrogens is 420 g/mol. The number of primary amides is 1. The number of rotatable bonds is 8. The summed E-state index contributed by atoms with van der Waals surface area (Å²) in [5, 5.41) is 3.79. The van der Waals surface area contributed by atoms with E-state index in [0.29, 0.717) is 22.7 Å². The van der Waals surface area contributed by atoms with E-state index in [9.17, 15) is 9.59 Å². The molecule has 0 fully saturated rings. The van der Waals surface area contributed by atoms with Gasteiger partial charge in [0.25, 0.3) is 5.91 Å². The minimum absolute atomic E-state index is 0.138. The molecule has 33 heavy (non-hydrogen) atoms. The highest BCUT2D eigenvalue weighted by atomic mass is 16.5. The highest BCUT2D eigenvalue weighted by Crippen LogP contribution is 2.27. The molecule has 0 heterocycles. The third-order valence-corrected chi connectivity index (χ3v) is 5.29. The van der Waals surface area contributed by atoms with E-state index < -0.39 is 11.9 Å². The topological polar surface area (TPSA) is 149 Å². The molecule has 2 aromatic carbocycles. The summed E-state index contributed by atoms with van der Waals surface area (Å²) in [7, 11) is 2.97. The van der Waals surface area contributed by atoms with Crippen LogP contribution in [0.2, 0.25) is 0 Å². The summed E-state index contributed by atoms with van der Waals surface area (Å²) in [4.78, 5) is 27.6. The number of urea groups is 1. The Bertz CT molecular complexity index is 1110. The van der Waals surface area contributed by atoms with Crippen LogP contribution in [0.25, 0.3) is 5.70 Å². The van der Waals surface area contributed by atoms with Crippen molar-refractivity contribution >= 4 is 29.0 Å². The van der Waals surface area contributed by atoms with Crippen molar-refractivity contribution in [2.75, 3.05) is 19.4 Å². The van der Waals surface area contributed by atoms with Crippen LogP contribution in [0.15, 0.2) is 47.0 Å². The SMILES string of the molecule is CCc1cccc(NC(=O)N(C)N)c1COc1ccc(C(N)=C(C)C(=NC)C(N)=O)cc1C. The second kappa shape index (κ2) is 11.1. The number of anilines is 1. The fourth-order valence-electron chi connectivity index (χ4n) is 3.39. The lowest BCUT2D eigenvalue weighted by atomic mass is 10.0. The number of nitrogens with one attached hydrogen (secondary N) is 1. The maximum atomic E-state index is 12.1. The number of aryl methyl sites for hydroxylation is 2. The molecule has 2 aromatic rings. The Balaban J connectivity index is 2.31. The smallest absolute Gasteiger partial charge is 0.335 e. The second-order valence-electron chi connectivity index (χ2n) is 7.58. The van der Waals surface area contributed by atoms with Crippen molar-refractivity contribution in [3.63, 3.8) is 0 Å². The monoisotopic (exact) mass is 452 g/mol. The molecule has 0 unspecified atom stereocenters. The van der Waals surface area contributed by atoms with Crippen LogP contribution in [0.3, 0.4) is 0 Å². The quantitative estimate of drug-likeness (QED) is 0.210. The number of hydrogen-bond acceptors (Lipinski definition) is 6. The molecule has 0 aliphatic rings. The van der Waals surface area contributed by atoms with Gasteiger partial charge in [-0.2, -0.15) is 0 Å². The number of aliphatic imine (C=N–C) groups is 1. The van der Waals surface area contributed by atoms with E-state index in [1.54, 1.807) is 6.92 Å². The average molecular weight is 453 g/mol. The van der Waals surface area contributed by atoms with Gasteiger partial charge < -0.3 is 21.5 Å². The Morgan fingerprint density at radius 1 is 1.18 bits per heavy atom. The number of hydrazine groups is 1. The molecule has 9 nitrogen and oxygen atoms in total. The van der Waals surface area contributed by atoms with E-state index >= 15 is 0 Å². The molecule has 0 aliphatic carbocycles. The van der Waals surface area contributed by atoms with E-state index in [4.69, 9.17) is 22.0 Å². The molecule has 0 saturated heterocycles. The summed E-state index contributed by atoms with van der Waals surface area (Å²) in [5.74, 6) is 5.57. The average Bonchev–Trinajstić information content (AvgIpc) is 2.78. The first-order valence-corrected chi connectivity index (χ1v) is 10.5. The van der Waals surface area contributed by atoms with Crippen LogP contribution in [-0.2, 0) is 17.8 Å². The molecule has 0 aromatic heterocycles. The molecule has 0 bridgehead atoms. The first kappa shape index (κ1) is 25.4. The van der Waals surface area contributed by atoms with E-state index in [1.165, 1.54) is 14.1 Å². The molecule has 0 atom stereocenters. The third-order valence-electron chi connectivity index (χ3n) is 5.29. The van der Waals surface area contributed by atoms with Crippen molar-refractivity contribution < 1.29 is 14.3 Å². The lowest BCUT2D eigenvalue weighted by Gasteiger charge is -2.18. The van der Waals surface area contributed by atoms with Crippen LogP contribution < -0.4 is 27.4 Å². The Morgan fingerprint density at radius 3 is 2.42 bits per heavy atom. The lowest BCUT2D eigenvalue weighted by Crippen LogP contribution is -2.37. The predicted molar refractivity (Wildman–Crippen MR) is 132 cm³/mol. The Labute approximate surface area is 194 Å². The summed E-state index contributed by atoms with van der Waals surface area (Å²) in [6, 6.07) is 10.8. The van der Waals surface area contributed by atoms with Crippen molar-refractivity contribution in [3.8, 4) is 5.75 Å². The first-order chi connectivity index (χ1) is 15.6. The number of amides is 3. The van der Waals surface area contributed by atoms with Crippen molar-refractivity contribution in [1.29, 1.82) is 0 Å². The molecule has 7 N–H and O–H groups in total. The van der Waals surface area contributed by atoms with Gasteiger partial charge in [0.2, 0.25) is 0 Å². The second-order valence-corrected chi connectivity index (χ2v) is 7.58. The van der Waals surface area contributed by atoms with Gasteiger partial charge in [-0.05, 0) is 61.2 Å². The van der Waals surface area contributed by atoms with Gasteiger partial charge >= 0.3 is 6.03 Å². The van der Waals surface area contributed by atoms with Crippen molar-refractivity contribution in [3.05, 3.63) is 64.2 Å². The number of nitrogens with two attached hydrogens (primary N) is 3. The van der Waals surface area contributed by atoms with Gasteiger partial charge in [0.15, 0.2) is 0 Å². The molecule has 176 valence electrons. The maximum Gasteiger partial charge on any atom is 0.335 e. The molecule has 0 aliphatic heterocycles. The fraction of sp³-hybridized carbons (Fsp3) is 0.292. The van der Waals surface area contributed by atoms with Crippen LogP contribution >= 0.6 is 0 Å². The van der Waals surface area contributed by atoms with Gasteiger partial charge in [-0.25, -0.2) is 10.6 Å². The number of hydrogen-bond donors (Lipinski definition) is 4. The lowest BCUT2D eigenvalue weighted by molar-refractivity contribution is -0.111. The maximum absolute atomic E-state index is 12.1. The van der Waals surface area contributed by atoms with Crippen LogP contribution in [0.1, 0.15) is 36.1 Å². The summed E-state index contributed by atoms with van der Waals surface area (Å²) in [5.41, 5.74) is 16.9. The molecule has 9 heteroatoms. The van der Waals surface area contributed by atoms with Gasteiger partial charge in [-0.3, -0.25) is 14.8 Å². The van der Waals surface area contributed by atoms with Gasteiger partial charge in [-0.15, -0.1) is 0 Å². The minimum atomic E-state index is -0.632. The third kappa shape index (κ3) is 6.11. The van der Waals surface area contributed by atoms with Gasteiger partial charge in [0, 0.05) is 36.6 Å². The van der Waals surface area contributed by atoms with Crippen LogP contribution in [0.5, 0.6) is 5.75 Å². The van der Waals surface area contributed by atoms with Gasteiger partial charge in [-0.1, -0.05) is 19.1 Å². The zero-order valence-electron chi connectivity index (χ0n) is 19.7. The van der Waals surface area contributed by atoms with Crippen molar-refractivity contribution in [2.45, 2.75) is 33.8 Å². The van der Waals surface area contributed by atoms with Crippen LogP contribution in [0.4, 0.5) is 10.5 Å². The zero-order valence-corrected chi connectivity index (χ0v) is 19.7. The first-order valence-electron chi connectivity index (χ1n) is 10.5. The number of carbonyl (C=O) groups is 2. The standard InChI is InChI=1S/C24H32N6O3/c1-6-16-8-7-9-19(29-24(32)30(5)27)18(16)13-33-20-11-10-17(12-14(20)2)21(25)15(3)22(28-4)23(26)31/h7-12H,6,13,25,27H2,1-5H3,(H2,26,31)(H,29,32). The molecular formula is C24H32N6O3. The zero-order chi connectivity index (χ0) is 24.7. The Kier molecular flexibility index (Phi) is 8.58. The van der Waals surface area contributed by atoms with Crippen molar-refractivity contribution in [1.82, 2.24) is 5.01 Å². The van der Waals surface area contributed by atoms with Crippen molar-refractivity contribution in [2.24, 2.45) is 22.3 Å². The number of carbonyl (C=O) groups excluding carboxylic acids is 2. The molecule has 0 spiro atoms. The Hall–Kier alpha value is -3.85. The number of nitrogens with zero attached hydrogens (tertiary/aromatic N) is 2. The molecule has 2 rings (SSSR count). The predicted octanol–water partition coefficient (Wildman–Crippen LogP) is 2.72. The summed E-state index contributed by atoms with van der Waals surface area (Å²) in [6.07, 6.45) is 0.778. The van der Waals surface area contributed by atoms with Gasteiger partial charge in [0.05, 0.1) is 0 Å². The normalized spacial score (nSPS) is 12.1. The fourth-order valence-corrected chi connectivity index (χ4v) is 3.39. The summed E-state index contributed by atoms with van der Waals surface area (Å²) in [6.45, 7) is 5.91. The number of ether oxygens (including phenoxy) is 1. The summed E-state index contributed by atoms with van der Waals surface area (Å²) < 4.78 is 6.10. The molecule has 0 saturated carbocycles. The van der Waals surface area contributed by atoms with E-state index in [-0.39, 0.29) is 12.3 Å². The van der Waals surface area contributed by atoms with E-state index in [1.807, 2.05) is 50.2 Å². The van der Waals surface area contributed by atoms with E-state index in [2.05, 4.69) is 10.3 Å². The van der Waals surface area contributed by atoms with E-state index in [0.717, 1.165) is 33.7 Å². The summed E-state index contributed by atoms with van der Waals surface area (Å²) >= 11 is 0. The highest BCUT2D eigenvalue weighted by Gasteiger charge is 2.15.